The van der Waals surface area contributed by atoms with Crippen LogP contribution in [0.2, 0.25) is 0 Å². The van der Waals surface area contributed by atoms with Gasteiger partial charge in [-0.05, 0) is 25.3 Å². The molecule has 19 heavy (non-hydrogen) atoms. The van der Waals surface area contributed by atoms with Crippen molar-refractivity contribution >= 4 is 10.0 Å². The quantitative estimate of drug-likeness (QED) is 0.848. The van der Waals surface area contributed by atoms with Crippen molar-refractivity contribution in [2.75, 3.05) is 12.4 Å². The van der Waals surface area contributed by atoms with Gasteiger partial charge in [0, 0.05) is 12.8 Å². The number of nitrogens with one attached hydrogen (secondary N) is 1. The molecule has 6 nitrogen and oxygen atoms in total. The van der Waals surface area contributed by atoms with E-state index in [1.54, 1.807) is 12.3 Å². The zero-order valence-electron chi connectivity index (χ0n) is 11.0. The van der Waals surface area contributed by atoms with Crippen LogP contribution in [0.25, 0.3) is 0 Å². The molecular weight excluding hydrogens is 266 g/mol. The molecule has 1 unspecified atom stereocenters. The second-order valence-corrected chi connectivity index (χ2v) is 6.47. The third-order valence-corrected chi connectivity index (χ3v) is 4.43. The largest absolute Gasteiger partial charge is 0.370 e. The van der Waals surface area contributed by atoms with Gasteiger partial charge in [0.05, 0.1) is 18.0 Å². The molecule has 1 saturated heterocycles. The van der Waals surface area contributed by atoms with Gasteiger partial charge in [-0.1, -0.05) is 6.92 Å². The van der Waals surface area contributed by atoms with Crippen molar-refractivity contribution in [3.05, 3.63) is 23.8 Å². The minimum absolute atomic E-state index is 0.0489. The molecule has 0 saturated carbocycles. The van der Waals surface area contributed by atoms with E-state index < -0.39 is 10.0 Å². The fraction of sp³-hybridized carbons (Fsp3) is 0.667. The zero-order chi connectivity index (χ0) is 13.7. The fourth-order valence-electron chi connectivity index (χ4n) is 1.97. The molecule has 1 aromatic heterocycles. The second kappa shape index (κ2) is 6.40. The van der Waals surface area contributed by atoms with Gasteiger partial charge in [0.2, 0.25) is 10.0 Å². The van der Waals surface area contributed by atoms with Crippen LogP contribution in [-0.4, -0.2) is 30.7 Å². The van der Waals surface area contributed by atoms with Crippen LogP contribution in [0, 0.1) is 0 Å². The van der Waals surface area contributed by atoms with Crippen LogP contribution < -0.4 is 4.72 Å². The third-order valence-electron chi connectivity index (χ3n) is 2.90. The molecular formula is C12H19N3O3S. The molecule has 2 rings (SSSR count). The van der Waals surface area contributed by atoms with E-state index in [1.165, 1.54) is 0 Å². The highest BCUT2D eigenvalue weighted by Gasteiger charge is 2.20. The normalized spacial score (nSPS) is 19.7. The van der Waals surface area contributed by atoms with Crippen LogP contribution in [0.5, 0.6) is 0 Å². The Bertz CT molecular complexity index is 513. The Morgan fingerprint density at radius 1 is 1.53 bits per heavy atom. The van der Waals surface area contributed by atoms with Crippen LogP contribution in [0.1, 0.15) is 43.8 Å². The Balaban J connectivity index is 1.99. The number of ether oxygens (including phenoxy) is 1. The lowest BCUT2D eigenvalue weighted by Gasteiger charge is -2.09. The lowest BCUT2D eigenvalue weighted by molar-refractivity contribution is 0.105. The van der Waals surface area contributed by atoms with E-state index in [1.807, 2.05) is 6.92 Å². The molecule has 0 aliphatic carbocycles. The molecule has 0 spiro atoms. The Labute approximate surface area is 113 Å². The summed E-state index contributed by atoms with van der Waals surface area (Å²) in [6.45, 7) is 2.77. The first kappa shape index (κ1) is 14.4. The van der Waals surface area contributed by atoms with E-state index in [9.17, 15) is 8.42 Å². The smallest absolute Gasteiger partial charge is 0.211 e. The minimum atomic E-state index is -3.20. The van der Waals surface area contributed by atoms with Gasteiger partial charge >= 0.3 is 0 Å². The first-order valence-corrected chi connectivity index (χ1v) is 8.16. The number of hydrogen-bond acceptors (Lipinski definition) is 5. The molecule has 0 bridgehead atoms. The highest BCUT2D eigenvalue weighted by molar-refractivity contribution is 7.89. The molecule has 1 aliphatic rings. The molecule has 2 heterocycles. The molecule has 0 amide bonds. The Kier molecular flexibility index (Phi) is 4.84. The molecule has 0 radical (unpaired) electrons. The molecule has 1 atom stereocenters. The third kappa shape index (κ3) is 4.22. The van der Waals surface area contributed by atoms with Crippen LogP contribution in [-0.2, 0) is 21.3 Å². The number of hydrogen-bond donors (Lipinski definition) is 1. The van der Waals surface area contributed by atoms with E-state index in [4.69, 9.17) is 4.74 Å². The van der Waals surface area contributed by atoms with E-state index in [2.05, 4.69) is 14.7 Å². The van der Waals surface area contributed by atoms with Crippen molar-refractivity contribution in [1.29, 1.82) is 0 Å². The Morgan fingerprint density at radius 3 is 3.05 bits per heavy atom. The standard InChI is InChI=1S/C12H19N3O3S/c1-2-8-19(16,17)14-9-10-5-6-13-12(15-10)11-4-3-7-18-11/h5-6,11,14H,2-4,7-9H2,1H3. The van der Waals surface area contributed by atoms with Gasteiger partial charge in [-0.2, -0.15) is 0 Å². The van der Waals surface area contributed by atoms with E-state index in [-0.39, 0.29) is 18.4 Å². The summed E-state index contributed by atoms with van der Waals surface area (Å²) in [5.41, 5.74) is 0.667. The van der Waals surface area contributed by atoms with E-state index >= 15 is 0 Å². The maximum atomic E-state index is 11.6. The zero-order valence-corrected chi connectivity index (χ0v) is 11.8. The van der Waals surface area contributed by atoms with Gasteiger partial charge in [0.25, 0.3) is 0 Å². The van der Waals surface area contributed by atoms with Crippen molar-refractivity contribution < 1.29 is 13.2 Å². The van der Waals surface area contributed by atoms with Crippen LogP contribution in [0.4, 0.5) is 0 Å². The summed E-state index contributed by atoms with van der Waals surface area (Å²) < 4.78 is 31.2. The SMILES string of the molecule is CCCS(=O)(=O)NCc1ccnc(C2CCCO2)n1. The number of aromatic nitrogens is 2. The van der Waals surface area contributed by atoms with Gasteiger partial charge in [-0.3, -0.25) is 0 Å². The first-order chi connectivity index (χ1) is 9.11. The summed E-state index contributed by atoms with van der Waals surface area (Å²) >= 11 is 0. The van der Waals surface area contributed by atoms with Crippen molar-refractivity contribution in [2.45, 2.75) is 38.8 Å². The highest BCUT2D eigenvalue weighted by Crippen LogP contribution is 2.25. The van der Waals surface area contributed by atoms with Crippen molar-refractivity contribution in [2.24, 2.45) is 0 Å². The second-order valence-electron chi connectivity index (χ2n) is 4.55. The average molecular weight is 285 g/mol. The molecule has 1 N–H and O–H groups in total. The molecule has 1 aromatic rings. The maximum absolute atomic E-state index is 11.6. The fourth-order valence-corrected chi connectivity index (χ4v) is 3.02. The summed E-state index contributed by atoms with van der Waals surface area (Å²) in [6.07, 6.45) is 4.13. The van der Waals surface area contributed by atoms with E-state index in [0.717, 1.165) is 19.4 Å². The van der Waals surface area contributed by atoms with Gasteiger partial charge in [-0.15, -0.1) is 0 Å². The number of sulfonamides is 1. The van der Waals surface area contributed by atoms with Gasteiger partial charge in [0.1, 0.15) is 6.10 Å². The summed E-state index contributed by atoms with van der Waals surface area (Å²) in [4.78, 5) is 8.54. The molecule has 7 heteroatoms. The molecule has 1 fully saturated rings. The predicted molar refractivity (Wildman–Crippen MR) is 70.9 cm³/mol. The van der Waals surface area contributed by atoms with E-state index in [0.29, 0.717) is 17.9 Å². The van der Waals surface area contributed by atoms with Crippen LogP contribution in [0.15, 0.2) is 12.3 Å². The summed E-state index contributed by atoms with van der Waals surface area (Å²) in [5.74, 6) is 0.779. The topological polar surface area (TPSA) is 81.2 Å². The Hall–Kier alpha value is -1.05. The highest BCUT2D eigenvalue weighted by atomic mass is 32.2. The maximum Gasteiger partial charge on any atom is 0.211 e. The molecule has 106 valence electrons. The summed E-state index contributed by atoms with van der Waals surface area (Å²) in [7, 11) is -3.20. The number of rotatable bonds is 6. The number of nitrogens with zero attached hydrogens (tertiary/aromatic N) is 2. The van der Waals surface area contributed by atoms with Gasteiger partial charge in [0.15, 0.2) is 5.82 Å². The monoisotopic (exact) mass is 285 g/mol. The van der Waals surface area contributed by atoms with Gasteiger partial charge < -0.3 is 4.74 Å². The van der Waals surface area contributed by atoms with Gasteiger partial charge in [-0.25, -0.2) is 23.1 Å². The van der Waals surface area contributed by atoms with Crippen molar-refractivity contribution in [3.63, 3.8) is 0 Å². The van der Waals surface area contributed by atoms with Crippen LogP contribution >= 0.6 is 0 Å². The Morgan fingerprint density at radius 2 is 2.37 bits per heavy atom. The average Bonchev–Trinajstić information content (AvgIpc) is 2.91. The first-order valence-electron chi connectivity index (χ1n) is 6.51. The lowest BCUT2D eigenvalue weighted by atomic mass is 10.2. The lowest BCUT2D eigenvalue weighted by Crippen LogP contribution is -2.26. The van der Waals surface area contributed by atoms with Crippen molar-refractivity contribution in [1.82, 2.24) is 14.7 Å². The summed E-state index contributed by atoms with van der Waals surface area (Å²) in [5, 5.41) is 0. The summed E-state index contributed by atoms with van der Waals surface area (Å²) in [6, 6.07) is 1.72. The molecule has 0 aromatic carbocycles. The predicted octanol–water partition coefficient (Wildman–Crippen LogP) is 1.16. The minimum Gasteiger partial charge on any atom is -0.370 e. The van der Waals surface area contributed by atoms with Crippen molar-refractivity contribution in [3.8, 4) is 0 Å². The molecule has 1 aliphatic heterocycles. The van der Waals surface area contributed by atoms with Crippen LogP contribution in [0.3, 0.4) is 0 Å².